The lowest BCUT2D eigenvalue weighted by atomic mass is 10.1. The van der Waals surface area contributed by atoms with Crippen LogP contribution in [0.15, 0.2) is 24.3 Å². The molecule has 0 radical (unpaired) electrons. The predicted molar refractivity (Wildman–Crippen MR) is 71.3 cm³/mol. The minimum Gasteiger partial charge on any atom is -0.314 e. The van der Waals surface area contributed by atoms with E-state index in [4.69, 9.17) is 0 Å². The molecule has 0 saturated carbocycles. The first-order valence-electron chi connectivity index (χ1n) is 6.05. The molecule has 1 saturated heterocycles. The topological polar surface area (TPSA) is 12.0 Å². The van der Waals surface area contributed by atoms with Crippen LogP contribution in [0.25, 0.3) is 10.1 Å². The van der Waals surface area contributed by atoms with E-state index in [0.29, 0.717) is 6.04 Å². The van der Waals surface area contributed by atoms with E-state index >= 15 is 0 Å². The molecule has 1 aromatic heterocycles. The Morgan fingerprint density at radius 3 is 3.00 bits per heavy atom. The molecule has 0 bridgehead atoms. The van der Waals surface area contributed by atoms with Crippen molar-refractivity contribution in [1.29, 1.82) is 0 Å². The van der Waals surface area contributed by atoms with Crippen molar-refractivity contribution in [2.75, 3.05) is 6.54 Å². The minimum atomic E-state index is 0.715. The monoisotopic (exact) mass is 231 g/mol. The molecule has 3 rings (SSSR count). The van der Waals surface area contributed by atoms with Crippen LogP contribution >= 0.6 is 11.3 Å². The Bertz CT molecular complexity index is 494. The van der Waals surface area contributed by atoms with Gasteiger partial charge in [0, 0.05) is 15.6 Å². The highest BCUT2D eigenvalue weighted by molar-refractivity contribution is 7.19. The molecular weight excluding hydrogens is 214 g/mol. The molecule has 84 valence electrons. The molecule has 16 heavy (non-hydrogen) atoms. The van der Waals surface area contributed by atoms with Crippen molar-refractivity contribution in [3.63, 3.8) is 0 Å². The summed E-state index contributed by atoms with van der Waals surface area (Å²) in [5.41, 5.74) is 1.49. The zero-order valence-corrected chi connectivity index (χ0v) is 10.4. The second kappa shape index (κ2) is 4.19. The molecule has 1 fully saturated rings. The fourth-order valence-electron chi connectivity index (χ4n) is 2.57. The third-order valence-electron chi connectivity index (χ3n) is 3.54. The van der Waals surface area contributed by atoms with Crippen LogP contribution in [0.1, 0.15) is 23.3 Å². The summed E-state index contributed by atoms with van der Waals surface area (Å²) < 4.78 is 1.44. The van der Waals surface area contributed by atoms with Crippen LogP contribution in [0, 0.1) is 6.92 Å². The maximum absolute atomic E-state index is 3.58. The summed E-state index contributed by atoms with van der Waals surface area (Å²) in [5.74, 6) is 0. The Labute approximate surface area is 100 Å². The molecule has 2 heterocycles. The molecule has 0 amide bonds. The molecule has 2 heteroatoms. The third kappa shape index (κ3) is 1.76. The van der Waals surface area contributed by atoms with Gasteiger partial charge in [-0.05, 0) is 49.7 Å². The summed E-state index contributed by atoms with van der Waals surface area (Å²) in [7, 11) is 0. The van der Waals surface area contributed by atoms with E-state index in [1.165, 1.54) is 41.5 Å². The highest BCUT2D eigenvalue weighted by Gasteiger charge is 2.17. The number of hydrogen-bond acceptors (Lipinski definition) is 2. The molecule has 1 aliphatic heterocycles. The number of hydrogen-bond donors (Lipinski definition) is 1. The average Bonchev–Trinajstić information content (AvgIpc) is 2.90. The molecular formula is C14H17NS. The number of rotatable bonds is 2. The maximum atomic E-state index is 3.58. The Kier molecular flexibility index (Phi) is 2.70. The first kappa shape index (κ1) is 10.3. The van der Waals surface area contributed by atoms with Gasteiger partial charge in [0.2, 0.25) is 0 Å². The van der Waals surface area contributed by atoms with Gasteiger partial charge in [0.15, 0.2) is 0 Å². The molecule has 1 nitrogen and oxygen atoms in total. The average molecular weight is 231 g/mol. The van der Waals surface area contributed by atoms with Crippen LogP contribution in [-0.2, 0) is 6.42 Å². The second-order valence-corrected chi connectivity index (χ2v) is 5.78. The van der Waals surface area contributed by atoms with E-state index in [9.17, 15) is 0 Å². The Morgan fingerprint density at radius 1 is 1.38 bits per heavy atom. The van der Waals surface area contributed by atoms with Crippen molar-refractivity contribution in [2.45, 2.75) is 32.2 Å². The van der Waals surface area contributed by atoms with Crippen molar-refractivity contribution < 1.29 is 0 Å². The SMILES string of the molecule is Cc1c(CC2CCCN2)sc2ccccc12. The normalized spacial score (nSPS) is 20.7. The molecule has 1 atom stereocenters. The van der Waals surface area contributed by atoms with Crippen LogP contribution < -0.4 is 5.32 Å². The fraction of sp³-hybridized carbons (Fsp3) is 0.429. The van der Waals surface area contributed by atoms with Gasteiger partial charge in [0.05, 0.1) is 0 Å². The number of nitrogens with one attached hydrogen (secondary N) is 1. The van der Waals surface area contributed by atoms with Crippen molar-refractivity contribution in [2.24, 2.45) is 0 Å². The maximum Gasteiger partial charge on any atom is 0.0348 e. The summed E-state index contributed by atoms with van der Waals surface area (Å²) in [6, 6.07) is 9.47. The number of fused-ring (bicyclic) bond motifs is 1. The molecule has 1 aromatic carbocycles. The zero-order valence-electron chi connectivity index (χ0n) is 9.62. The van der Waals surface area contributed by atoms with Gasteiger partial charge in [0.1, 0.15) is 0 Å². The minimum absolute atomic E-state index is 0.715. The fourth-order valence-corrected chi connectivity index (χ4v) is 3.87. The summed E-state index contributed by atoms with van der Waals surface area (Å²) in [6.45, 7) is 3.47. The predicted octanol–water partition coefficient (Wildman–Crippen LogP) is 3.50. The lowest BCUT2D eigenvalue weighted by Gasteiger charge is -2.08. The Morgan fingerprint density at radius 2 is 2.25 bits per heavy atom. The Hall–Kier alpha value is -0.860. The van der Waals surface area contributed by atoms with E-state index in [2.05, 4.69) is 36.5 Å². The van der Waals surface area contributed by atoms with Crippen molar-refractivity contribution in [3.8, 4) is 0 Å². The van der Waals surface area contributed by atoms with Gasteiger partial charge in [-0.3, -0.25) is 0 Å². The van der Waals surface area contributed by atoms with Gasteiger partial charge in [-0.2, -0.15) is 0 Å². The highest BCUT2D eigenvalue weighted by Crippen LogP contribution is 2.32. The summed E-state index contributed by atoms with van der Waals surface area (Å²) in [4.78, 5) is 1.57. The summed E-state index contributed by atoms with van der Waals surface area (Å²) >= 11 is 1.97. The largest absolute Gasteiger partial charge is 0.314 e. The lowest BCUT2D eigenvalue weighted by Crippen LogP contribution is -2.23. The first-order chi connectivity index (χ1) is 7.84. The van der Waals surface area contributed by atoms with E-state index in [-0.39, 0.29) is 0 Å². The van der Waals surface area contributed by atoms with Gasteiger partial charge < -0.3 is 5.32 Å². The molecule has 1 N–H and O–H groups in total. The third-order valence-corrected chi connectivity index (χ3v) is 4.83. The van der Waals surface area contributed by atoms with E-state index in [0.717, 1.165) is 0 Å². The van der Waals surface area contributed by atoms with Crippen molar-refractivity contribution in [1.82, 2.24) is 5.32 Å². The van der Waals surface area contributed by atoms with Gasteiger partial charge >= 0.3 is 0 Å². The van der Waals surface area contributed by atoms with Crippen LogP contribution in [0.2, 0.25) is 0 Å². The standard InChI is InChI=1S/C14H17NS/c1-10-12-6-2-3-7-13(12)16-14(10)9-11-5-4-8-15-11/h2-3,6-7,11,15H,4-5,8-9H2,1H3. The van der Waals surface area contributed by atoms with Gasteiger partial charge in [-0.1, -0.05) is 18.2 Å². The summed E-state index contributed by atoms with van der Waals surface area (Å²) in [6.07, 6.45) is 3.90. The number of aryl methyl sites for hydroxylation is 1. The number of thiophene rings is 1. The summed E-state index contributed by atoms with van der Waals surface area (Å²) in [5, 5.41) is 5.03. The highest BCUT2D eigenvalue weighted by atomic mass is 32.1. The Balaban J connectivity index is 1.94. The molecule has 0 aliphatic carbocycles. The van der Waals surface area contributed by atoms with Gasteiger partial charge in [0.25, 0.3) is 0 Å². The molecule has 2 aromatic rings. The quantitative estimate of drug-likeness (QED) is 0.834. The van der Waals surface area contributed by atoms with Crippen molar-refractivity contribution >= 4 is 21.4 Å². The van der Waals surface area contributed by atoms with Crippen molar-refractivity contribution in [3.05, 3.63) is 34.7 Å². The molecule has 0 spiro atoms. The zero-order chi connectivity index (χ0) is 11.0. The van der Waals surface area contributed by atoms with E-state index in [1.54, 1.807) is 4.88 Å². The van der Waals surface area contributed by atoms with Gasteiger partial charge in [-0.25, -0.2) is 0 Å². The van der Waals surface area contributed by atoms with E-state index in [1.807, 2.05) is 11.3 Å². The van der Waals surface area contributed by atoms with Crippen LogP contribution in [0.5, 0.6) is 0 Å². The second-order valence-electron chi connectivity index (χ2n) is 4.64. The van der Waals surface area contributed by atoms with Crippen LogP contribution in [-0.4, -0.2) is 12.6 Å². The smallest absolute Gasteiger partial charge is 0.0348 e. The van der Waals surface area contributed by atoms with Crippen LogP contribution in [0.3, 0.4) is 0 Å². The molecule has 1 unspecified atom stereocenters. The lowest BCUT2D eigenvalue weighted by molar-refractivity contribution is 0.607. The number of benzene rings is 1. The molecule has 1 aliphatic rings. The van der Waals surface area contributed by atoms with E-state index < -0.39 is 0 Å². The van der Waals surface area contributed by atoms with Crippen LogP contribution in [0.4, 0.5) is 0 Å². The van der Waals surface area contributed by atoms with Gasteiger partial charge in [-0.15, -0.1) is 11.3 Å². The first-order valence-corrected chi connectivity index (χ1v) is 6.86.